The molecule has 0 saturated carbocycles. The van der Waals surface area contributed by atoms with Crippen LogP contribution in [-0.2, 0) is 4.79 Å². The van der Waals surface area contributed by atoms with Gasteiger partial charge in [0, 0.05) is 23.2 Å². The maximum atomic E-state index is 11.9. The van der Waals surface area contributed by atoms with E-state index in [2.05, 4.69) is 10.6 Å². The average Bonchev–Trinajstić information content (AvgIpc) is 2.41. The van der Waals surface area contributed by atoms with Crippen LogP contribution < -0.4 is 10.6 Å². The second-order valence-corrected chi connectivity index (χ2v) is 5.63. The molecule has 19 heavy (non-hydrogen) atoms. The van der Waals surface area contributed by atoms with E-state index in [0.717, 1.165) is 24.2 Å². The molecular weight excluding hydrogens is 260 g/mol. The van der Waals surface area contributed by atoms with Crippen molar-refractivity contribution < 1.29 is 4.79 Å². The lowest BCUT2D eigenvalue weighted by Gasteiger charge is -2.23. The highest BCUT2D eigenvalue weighted by molar-refractivity contribution is 6.30. The van der Waals surface area contributed by atoms with E-state index in [9.17, 15) is 4.79 Å². The molecule has 1 aromatic rings. The van der Waals surface area contributed by atoms with Gasteiger partial charge in [0.1, 0.15) is 0 Å². The van der Waals surface area contributed by atoms with Crippen LogP contribution in [0.15, 0.2) is 18.2 Å². The molecule has 1 heterocycles. The minimum Gasteiger partial charge on any atom is -0.326 e. The smallest absolute Gasteiger partial charge is 0.224 e. The zero-order valence-electron chi connectivity index (χ0n) is 11.3. The number of anilines is 1. The summed E-state index contributed by atoms with van der Waals surface area (Å²) in [5.74, 6) is 0.0813. The van der Waals surface area contributed by atoms with E-state index in [4.69, 9.17) is 11.6 Å². The van der Waals surface area contributed by atoms with Gasteiger partial charge in [0.25, 0.3) is 0 Å². The first-order chi connectivity index (χ1) is 9.15. The quantitative estimate of drug-likeness (QED) is 0.886. The molecule has 1 aliphatic heterocycles. The van der Waals surface area contributed by atoms with Crippen molar-refractivity contribution in [2.75, 3.05) is 11.9 Å². The Labute approximate surface area is 119 Å². The standard InChI is InChI=1S/C15H21ClN2O/c1-11-10-12(16)5-7-14(11)18-15(19)8-6-13-4-2-3-9-17-13/h5,7,10,13,17H,2-4,6,8-9H2,1H3,(H,18,19). The number of carbonyl (C=O) groups excluding carboxylic acids is 1. The molecule has 0 radical (unpaired) electrons. The number of benzene rings is 1. The number of hydrogen-bond acceptors (Lipinski definition) is 2. The summed E-state index contributed by atoms with van der Waals surface area (Å²) in [6.45, 7) is 3.03. The summed E-state index contributed by atoms with van der Waals surface area (Å²) in [5.41, 5.74) is 1.85. The number of nitrogens with one attached hydrogen (secondary N) is 2. The predicted molar refractivity (Wildman–Crippen MR) is 79.7 cm³/mol. The van der Waals surface area contributed by atoms with Gasteiger partial charge in [-0.2, -0.15) is 0 Å². The molecule has 1 atom stereocenters. The summed E-state index contributed by atoms with van der Waals surface area (Å²) in [5, 5.41) is 7.11. The fraction of sp³-hybridized carbons (Fsp3) is 0.533. The van der Waals surface area contributed by atoms with Crippen molar-refractivity contribution in [1.29, 1.82) is 0 Å². The zero-order chi connectivity index (χ0) is 13.7. The molecule has 4 heteroatoms. The third-order valence-electron chi connectivity index (χ3n) is 3.59. The van der Waals surface area contributed by atoms with Crippen LogP contribution in [0.3, 0.4) is 0 Å². The first-order valence-electron chi connectivity index (χ1n) is 6.94. The maximum Gasteiger partial charge on any atom is 0.224 e. The molecular formula is C15H21ClN2O. The van der Waals surface area contributed by atoms with E-state index >= 15 is 0 Å². The fourth-order valence-corrected chi connectivity index (χ4v) is 2.68. The minimum atomic E-state index is 0.0813. The van der Waals surface area contributed by atoms with Crippen LogP contribution in [0, 0.1) is 6.92 Å². The molecule has 0 bridgehead atoms. The van der Waals surface area contributed by atoms with Crippen molar-refractivity contribution >= 4 is 23.2 Å². The van der Waals surface area contributed by atoms with Gasteiger partial charge in [0.2, 0.25) is 5.91 Å². The number of piperidine rings is 1. The summed E-state index contributed by atoms with van der Waals surface area (Å²) in [7, 11) is 0. The third-order valence-corrected chi connectivity index (χ3v) is 3.83. The third kappa shape index (κ3) is 4.51. The van der Waals surface area contributed by atoms with Gasteiger partial charge in [-0.1, -0.05) is 18.0 Å². The predicted octanol–water partition coefficient (Wildman–Crippen LogP) is 3.51. The highest BCUT2D eigenvalue weighted by atomic mass is 35.5. The van der Waals surface area contributed by atoms with Gasteiger partial charge in [-0.05, 0) is 56.5 Å². The zero-order valence-corrected chi connectivity index (χ0v) is 12.1. The molecule has 1 saturated heterocycles. The average molecular weight is 281 g/mol. The number of halogens is 1. The summed E-state index contributed by atoms with van der Waals surface area (Å²) in [4.78, 5) is 11.9. The molecule has 104 valence electrons. The van der Waals surface area contributed by atoms with Gasteiger partial charge in [-0.3, -0.25) is 4.79 Å². The second kappa shape index (κ2) is 6.92. The molecule has 1 unspecified atom stereocenters. The van der Waals surface area contributed by atoms with Crippen molar-refractivity contribution in [1.82, 2.24) is 5.32 Å². The summed E-state index contributed by atoms with van der Waals surface area (Å²) >= 11 is 5.90. The van der Waals surface area contributed by atoms with Crippen molar-refractivity contribution in [3.05, 3.63) is 28.8 Å². The number of amides is 1. The highest BCUT2D eigenvalue weighted by Gasteiger charge is 2.14. The maximum absolute atomic E-state index is 11.9. The molecule has 1 fully saturated rings. The Balaban J connectivity index is 1.80. The van der Waals surface area contributed by atoms with Gasteiger partial charge in [-0.25, -0.2) is 0 Å². The Morgan fingerprint density at radius 1 is 1.47 bits per heavy atom. The van der Waals surface area contributed by atoms with Crippen LogP contribution in [0.1, 0.15) is 37.7 Å². The molecule has 0 aromatic heterocycles. The summed E-state index contributed by atoms with van der Waals surface area (Å²) in [6, 6.07) is 6.02. The van der Waals surface area contributed by atoms with E-state index in [1.54, 1.807) is 6.07 Å². The minimum absolute atomic E-state index is 0.0813. The van der Waals surface area contributed by atoms with E-state index in [1.165, 1.54) is 19.3 Å². The van der Waals surface area contributed by atoms with Crippen LogP contribution in [0.25, 0.3) is 0 Å². The van der Waals surface area contributed by atoms with Crippen molar-refractivity contribution in [2.24, 2.45) is 0 Å². The van der Waals surface area contributed by atoms with E-state index in [0.29, 0.717) is 17.5 Å². The van der Waals surface area contributed by atoms with E-state index in [-0.39, 0.29) is 5.91 Å². The molecule has 3 nitrogen and oxygen atoms in total. The molecule has 1 aromatic carbocycles. The molecule has 1 aliphatic rings. The highest BCUT2D eigenvalue weighted by Crippen LogP contribution is 2.20. The van der Waals surface area contributed by atoms with Crippen molar-refractivity contribution in [2.45, 2.75) is 45.1 Å². The van der Waals surface area contributed by atoms with Gasteiger partial charge in [-0.15, -0.1) is 0 Å². The molecule has 1 amide bonds. The lowest BCUT2D eigenvalue weighted by Crippen LogP contribution is -2.34. The van der Waals surface area contributed by atoms with Gasteiger partial charge >= 0.3 is 0 Å². The second-order valence-electron chi connectivity index (χ2n) is 5.19. The SMILES string of the molecule is Cc1cc(Cl)ccc1NC(=O)CCC1CCCCN1. The normalized spacial score (nSPS) is 19.2. The monoisotopic (exact) mass is 280 g/mol. The summed E-state index contributed by atoms with van der Waals surface area (Å²) in [6.07, 6.45) is 5.20. The topological polar surface area (TPSA) is 41.1 Å². The lowest BCUT2D eigenvalue weighted by atomic mass is 10.0. The van der Waals surface area contributed by atoms with Crippen LogP contribution in [0.5, 0.6) is 0 Å². The Hall–Kier alpha value is -1.06. The number of hydrogen-bond donors (Lipinski definition) is 2. The van der Waals surface area contributed by atoms with Gasteiger partial charge < -0.3 is 10.6 Å². The Kier molecular flexibility index (Phi) is 5.23. The van der Waals surface area contributed by atoms with Crippen LogP contribution in [0.2, 0.25) is 5.02 Å². The van der Waals surface area contributed by atoms with E-state index in [1.807, 2.05) is 19.1 Å². The van der Waals surface area contributed by atoms with Gasteiger partial charge in [0.15, 0.2) is 0 Å². The fourth-order valence-electron chi connectivity index (χ4n) is 2.46. The summed E-state index contributed by atoms with van der Waals surface area (Å²) < 4.78 is 0. The lowest BCUT2D eigenvalue weighted by molar-refractivity contribution is -0.116. The van der Waals surface area contributed by atoms with Crippen molar-refractivity contribution in [3.8, 4) is 0 Å². The molecule has 2 N–H and O–H groups in total. The van der Waals surface area contributed by atoms with Crippen LogP contribution >= 0.6 is 11.6 Å². The van der Waals surface area contributed by atoms with Crippen LogP contribution in [0.4, 0.5) is 5.69 Å². The Morgan fingerprint density at radius 3 is 3.00 bits per heavy atom. The van der Waals surface area contributed by atoms with Crippen LogP contribution in [-0.4, -0.2) is 18.5 Å². The number of aryl methyl sites for hydroxylation is 1. The van der Waals surface area contributed by atoms with E-state index < -0.39 is 0 Å². The number of rotatable bonds is 4. The Bertz CT molecular complexity index is 442. The molecule has 2 rings (SSSR count). The largest absolute Gasteiger partial charge is 0.326 e. The van der Waals surface area contributed by atoms with Crippen molar-refractivity contribution in [3.63, 3.8) is 0 Å². The molecule has 0 aliphatic carbocycles. The Morgan fingerprint density at radius 2 is 2.32 bits per heavy atom. The first kappa shape index (κ1) is 14.4. The first-order valence-corrected chi connectivity index (χ1v) is 7.32. The van der Waals surface area contributed by atoms with Gasteiger partial charge in [0.05, 0.1) is 0 Å². The number of carbonyl (C=O) groups is 1. The molecule has 0 spiro atoms.